The molecule has 0 saturated heterocycles. The van der Waals surface area contributed by atoms with Crippen molar-refractivity contribution >= 4 is 30.2 Å². The van der Waals surface area contributed by atoms with Gasteiger partial charge in [-0.25, -0.2) is 4.11 Å². The van der Waals surface area contributed by atoms with E-state index in [2.05, 4.69) is 8.23 Å². The van der Waals surface area contributed by atoms with Gasteiger partial charge in [0.2, 0.25) is 0 Å². The Hall–Kier alpha value is 0.431. The van der Waals surface area contributed by atoms with Crippen LogP contribution in [0.1, 0.15) is 0 Å². The Balaban J connectivity index is 2.83. The van der Waals surface area contributed by atoms with Crippen LogP contribution in [0.25, 0.3) is 0 Å². The molecule has 0 rings (SSSR count). The van der Waals surface area contributed by atoms with Crippen molar-refractivity contribution in [3.63, 3.8) is 0 Å². The maximum Gasteiger partial charge on any atom is 0.504 e. The van der Waals surface area contributed by atoms with E-state index in [0.717, 1.165) is 0 Å². The minimum absolute atomic E-state index is 0.304. The van der Waals surface area contributed by atoms with Crippen molar-refractivity contribution in [1.82, 2.24) is 0 Å². The first kappa shape index (κ1) is 7.43. The first-order valence-corrected chi connectivity index (χ1v) is 4.96. The molecule has 2 nitrogen and oxygen atoms in total. The van der Waals surface area contributed by atoms with Gasteiger partial charge >= 0.3 is 19.7 Å². The summed E-state index contributed by atoms with van der Waals surface area (Å²) in [5.74, 6) is 0. The monoisotopic (exact) mass is 160 g/mol. The maximum absolute atomic E-state index is 11.7. The molecule has 0 aromatic rings. The minimum Gasteiger partial charge on any atom is -0.424 e. The van der Waals surface area contributed by atoms with Gasteiger partial charge in [0.25, 0.3) is 0 Å². The SMILES string of the molecule is F[SiH2]O[SiH](F)O[SiH3]. The van der Waals surface area contributed by atoms with Gasteiger partial charge in [0, 0.05) is 0 Å². The van der Waals surface area contributed by atoms with Crippen LogP contribution in [-0.2, 0) is 8.23 Å². The van der Waals surface area contributed by atoms with Crippen molar-refractivity contribution in [3.05, 3.63) is 0 Å². The molecule has 0 heterocycles. The van der Waals surface area contributed by atoms with Crippen LogP contribution >= 0.6 is 0 Å². The van der Waals surface area contributed by atoms with E-state index in [-0.39, 0.29) is 0 Å². The first-order chi connectivity index (χ1) is 3.31. The number of hydrogen-bond donors (Lipinski definition) is 0. The summed E-state index contributed by atoms with van der Waals surface area (Å²) >= 11 is 0. The lowest BCUT2D eigenvalue weighted by Gasteiger charge is -1.98. The molecule has 1 atom stereocenters. The molecule has 0 radical (unpaired) electrons. The first-order valence-electron chi connectivity index (χ1n) is 1.65. The standard InChI is InChI=1S/F2H6O2Si3/c1-6-4-7(2)3-5/h7H,6H2,5H3. The predicted octanol–water partition coefficient (Wildman–Crippen LogP) is -2.05. The molecule has 0 aliphatic carbocycles. The fourth-order valence-electron chi connectivity index (χ4n) is 0.118. The largest absolute Gasteiger partial charge is 0.504 e. The van der Waals surface area contributed by atoms with Gasteiger partial charge in [0.05, 0.1) is 0 Å². The van der Waals surface area contributed by atoms with E-state index in [1.165, 1.54) is 0 Å². The van der Waals surface area contributed by atoms with Crippen LogP contribution in [0, 0.1) is 0 Å². The number of rotatable bonds is 3. The van der Waals surface area contributed by atoms with Crippen molar-refractivity contribution in [2.45, 2.75) is 0 Å². The molecular formula is H6F2O2Si3. The van der Waals surface area contributed by atoms with E-state index in [0.29, 0.717) is 10.5 Å². The highest BCUT2D eigenvalue weighted by atomic mass is 28.4. The van der Waals surface area contributed by atoms with Gasteiger partial charge in [-0.2, -0.15) is 0 Å². The molecule has 0 aliphatic heterocycles. The molecule has 1 unspecified atom stereocenters. The topological polar surface area (TPSA) is 18.5 Å². The van der Waals surface area contributed by atoms with Crippen LogP contribution in [-0.4, -0.2) is 30.2 Å². The average molecular weight is 160 g/mol. The second-order valence-electron chi connectivity index (χ2n) is 0.786. The summed E-state index contributed by atoms with van der Waals surface area (Å²) in [6, 6.07) is 0. The lowest BCUT2D eigenvalue weighted by atomic mass is 15.8. The summed E-state index contributed by atoms with van der Waals surface area (Å²) in [6.07, 6.45) is 0. The zero-order chi connectivity index (χ0) is 5.70. The second-order valence-corrected chi connectivity index (χ2v) is 4.77. The summed E-state index contributed by atoms with van der Waals surface area (Å²) in [7, 11) is -4.69. The number of hydrogen-bond acceptors (Lipinski definition) is 2. The zero-order valence-electron chi connectivity index (χ0n) is 3.86. The van der Waals surface area contributed by atoms with Crippen LogP contribution in [0.2, 0.25) is 0 Å². The Morgan fingerprint density at radius 2 is 2.29 bits per heavy atom. The summed E-state index contributed by atoms with van der Waals surface area (Å²) in [4.78, 5) is 0. The van der Waals surface area contributed by atoms with Gasteiger partial charge in [0.15, 0.2) is 0 Å². The molecule has 0 N–H and O–H groups in total. The van der Waals surface area contributed by atoms with Crippen LogP contribution in [0.15, 0.2) is 0 Å². The van der Waals surface area contributed by atoms with Crippen molar-refractivity contribution < 1.29 is 16.4 Å². The van der Waals surface area contributed by atoms with E-state index in [9.17, 15) is 8.22 Å². The molecule has 7 heavy (non-hydrogen) atoms. The van der Waals surface area contributed by atoms with E-state index in [1.54, 1.807) is 0 Å². The van der Waals surface area contributed by atoms with Crippen LogP contribution in [0.3, 0.4) is 0 Å². The molecule has 0 spiro atoms. The van der Waals surface area contributed by atoms with Gasteiger partial charge in [-0.15, -0.1) is 0 Å². The Morgan fingerprint density at radius 1 is 1.71 bits per heavy atom. The van der Waals surface area contributed by atoms with Crippen LogP contribution in [0.5, 0.6) is 0 Å². The highest BCUT2D eigenvalue weighted by molar-refractivity contribution is 6.48. The third kappa shape index (κ3) is 4.28. The third-order valence-electron chi connectivity index (χ3n) is 0.379. The summed E-state index contributed by atoms with van der Waals surface area (Å²) in [5.41, 5.74) is 0. The van der Waals surface area contributed by atoms with Crippen LogP contribution < -0.4 is 0 Å². The molecule has 0 aromatic carbocycles. The fraction of sp³-hybridized carbons (Fsp3) is 0. The normalized spacial score (nSPS) is 16.3. The fourth-order valence-corrected chi connectivity index (χ4v) is 2.28. The zero-order valence-corrected chi connectivity index (χ0v) is 8.43. The summed E-state index contributed by atoms with van der Waals surface area (Å²) in [6.45, 7) is 0. The molecule has 0 amide bonds. The van der Waals surface area contributed by atoms with E-state index in [4.69, 9.17) is 0 Å². The highest BCUT2D eigenvalue weighted by Crippen LogP contribution is 1.83. The smallest absolute Gasteiger partial charge is 0.424 e. The second kappa shape index (κ2) is 4.59. The molecule has 0 aromatic heterocycles. The Labute approximate surface area is 47.5 Å². The van der Waals surface area contributed by atoms with Gasteiger partial charge in [-0.1, -0.05) is 0 Å². The number of halogens is 2. The Kier molecular flexibility index (Phi) is 4.87. The summed E-state index contributed by atoms with van der Waals surface area (Å²) in [5, 5.41) is 0. The van der Waals surface area contributed by atoms with Crippen molar-refractivity contribution in [2.24, 2.45) is 0 Å². The lowest BCUT2D eigenvalue weighted by Crippen LogP contribution is -2.16. The quantitative estimate of drug-likeness (QED) is 0.350. The lowest BCUT2D eigenvalue weighted by molar-refractivity contribution is 0.372. The van der Waals surface area contributed by atoms with E-state index < -0.39 is 19.7 Å². The van der Waals surface area contributed by atoms with Crippen molar-refractivity contribution in [2.75, 3.05) is 0 Å². The maximum atomic E-state index is 11.7. The molecule has 0 aliphatic rings. The van der Waals surface area contributed by atoms with Gasteiger partial charge in [-0.05, 0) is 0 Å². The molecule has 0 fully saturated rings. The average Bonchev–Trinajstić information content (AvgIpc) is 1.68. The Bertz CT molecular complexity index is 41.9. The van der Waals surface area contributed by atoms with E-state index >= 15 is 0 Å². The molecule has 0 saturated carbocycles. The van der Waals surface area contributed by atoms with Gasteiger partial charge in [0.1, 0.15) is 10.5 Å². The predicted molar refractivity (Wildman–Crippen MR) is 30.0 cm³/mol. The van der Waals surface area contributed by atoms with Crippen molar-refractivity contribution in [3.8, 4) is 0 Å². The highest BCUT2D eigenvalue weighted by Gasteiger charge is 2.05. The molecule has 7 heteroatoms. The third-order valence-corrected chi connectivity index (χ3v) is 3.41. The molecule has 0 bridgehead atoms. The van der Waals surface area contributed by atoms with Gasteiger partial charge in [-0.3, -0.25) is 4.11 Å². The minimum atomic E-state index is -2.93. The van der Waals surface area contributed by atoms with Crippen LogP contribution in [0.4, 0.5) is 8.22 Å². The molecule has 44 valence electrons. The Morgan fingerprint density at radius 3 is 2.43 bits per heavy atom. The van der Waals surface area contributed by atoms with Gasteiger partial charge < -0.3 is 8.23 Å². The van der Waals surface area contributed by atoms with Crippen molar-refractivity contribution in [1.29, 1.82) is 0 Å². The summed E-state index contributed by atoms with van der Waals surface area (Å²) < 4.78 is 30.9. The molecular weight excluding hydrogens is 154 g/mol. The van der Waals surface area contributed by atoms with E-state index in [1.807, 2.05) is 0 Å².